The molecular weight excluding hydrogens is 552 g/mol. The van der Waals surface area contributed by atoms with Crippen molar-refractivity contribution in [3.05, 3.63) is 83.9 Å². The first kappa shape index (κ1) is 31.3. The lowest BCUT2D eigenvalue weighted by atomic mass is 9.87. The van der Waals surface area contributed by atoms with Crippen molar-refractivity contribution in [3.8, 4) is 11.5 Å². The van der Waals surface area contributed by atoms with Gasteiger partial charge < -0.3 is 35.2 Å². The number of methoxy groups -OCH3 is 2. The Morgan fingerprint density at radius 2 is 1.37 bits per heavy atom. The summed E-state index contributed by atoms with van der Waals surface area (Å²) in [7, 11) is 3.17. The maximum absolute atomic E-state index is 13.7. The Kier molecular flexibility index (Phi) is 10.2. The predicted octanol–water partition coefficient (Wildman–Crippen LogP) is 4.29. The molecule has 10 heteroatoms. The van der Waals surface area contributed by atoms with E-state index < -0.39 is 29.6 Å². The predicted molar refractivity (Wildman–Crippen MR) is 162 cm³/mol. The number of hydrogen-bond acceptors (Lipinski definition) is 10. The van der Waals surface area contributed by atoms with E-state index in [1.807, 2.05) is 36.4 Å². The normalized spacial score (nSPS) is 13.1. The SMILES string of the molecule is CCOC(=O)C(CCCOC(=O)CN)(OC(=O)C(N)c1ccc2cc(OC)ccc2c1)c1ccc2cc(OC)ccc2c1. The van der Waals surface area contributed by atoms with Gasteiger partial charge in [-0.05, 0) is 76.9 Å². The maximum Gasteiger partial charge on any atom is 0.355 e. The lowest BCUT2D eigenvalue weighted by molar-refractivity contribution is -0.187. The number of benzene rings is 4. The summed E-state index contributed by atoms with van der Waals surface area (Å²) in [6.07, 6.45) is 0.132. The minimum atomic E-state index is -1.88. The van der Waals surface area contributed by atoms with Crippen LogP contribution in [0.2, 0.25) is 0 Å². The Labute approximate surface area is 249 Å². The zero-order valence-corrected chi connectivity index (χ0v) is 24.5. The lowest BCUT2D eigenvalue weighted by Crippen LogP contribution is -2.44. The fourth-order valence-corrected chi connectivity index (χ4v) is 4.87. The summed E-state index contributed by atoms with van der Waals surface area (Å²) >= 11 is 0. The third kappa shape index (κ3) is 7.04. The minimum Gasteiger partial charge on any atom is -0.497 e. The fraction of sp³-hybridized carbons (Fsp3) is 0.303. The van der Waals surface area contributed by atoms with Crippen molar-refractivity contribution in [1.29, 1.82) is 0 Å². The van der Waals surface area contributed by atoms with E-state index in [0.29, 0.717) is 22.6 Å². The molecule has 226 valence electrons. The van der Waals surface area contributed by atoms with Gasteiger partial charge in [0.05, 0.1) is 34.0 Å². The highest BCUT2D eigenvalue weighted by atomic mass is 16.6. The smallest absolute Gasteiger partial charge is 0.355 e. The summed E-state index contributed by atoms with van der Waals surface area (Å²) in [4.78, 5) is 39.1. The number of hydrogen-bond donors (Lipinski definition) is 2. The van der Waals surface area contributed by atoms with Crippen LogP contribution in [0.4, 0.5) is 0 Å². The molecule has 0 bridgehead atoms. The molecule has 10 nitrogen and oxygen atoms in total. The fourth-order valence-electron chi connectivity index (χ4n) is 4.87. The number of ether oxygens (including phenoxy) is 5. The second-order valence-electron chi connectivity index (χ2n) is 9.87. The maximum atomic E-state index is 13.7. The number of esters is 3. The van der Waals surface area contributed by atoms with Gasteiger partial charge in [-0.1, -0.05) is 36.4 Å². The molecule has 0 spiro atoms. The topological polar surface area (TPSA) is 149 Å². The van der Waals surface area contributed by atoms with E-state index in [0.717, 1.165) is 21.5 Å². The van der Waals surface area contributed by atoms with Crippen molar-refractivity contribution in [3.63, 3.8) is 0 Å². The standard InChI is InChI=1S/C33H36N2O8/c1-4-41-32(38)33(14-5-15-42-29(36)20-34,26-11-8-24-19-28(40-3)13-10-22(24)17-26)43-31(37)30(35)25-7-6-23-18-27(39-2)12-9-21(23)16-25/h6-13,16-19,30H,4-5,14-15,20,34-35H2,1-3H3. The van der Waals surface area contributed by atoms with Gasteiger partial charge in [0, 0.05) is 12.0 Å². The van der Waals surface area contributed by atoms with E-state index in [-0.39, 0.29) is 32.6 Å². The molecule has 0 aliphatic rings. The summed E-state index contributed by atoms with van der Waals surface area (Å²) in [6.45, 7) is 1.39. The van der Waals surface area contributed by atoms with Crippen molar-refractivity contribution in [2.75, 3.05) is 34.0 Å². The molecule has 0 fully saturated rings. The van der Waals surface area contributed by atoms with Gasteiger partial charge >= 0.3 is 17.9 Å². The van der Waals surface area contributed by atoms with Crippen LogP contribution in [0, 0.1) is 0 Å². The number of carbonyl (C=O) groups excluding carboxylic acids is 3. The monoisotopic (exact) mass is 588 g/mol. The van der Waals surface area contributed by atoms with Crippen LogP contribution in [0.5, 0.6) is 11.5 Å². The Hall–Kier alpha value is -4.67. The lowest BCUT2D eigenvalue weighted by Gasteiger charge is -2.33. The summed E-state index contributed by atoms with van der Waals surface area (Å²) < 4.78 is 27.3. The van der Waals surface area contributed by atoms with Crippen LogP contribution >= 0.6 is 0 Å². The molecule has 4 N–H and O–H groups in total. The summed E-state index contributed by atoms with van der Waals surface area (Å²) in [5.74, 6) is -0.804. The van der Waals surface area contributed by atoms with Crippen LogP contribution < -0.4 is 20.9 Å². The van der Waals surface area contributed by atoms with E-state index in [4.69, 9.17) is 35.2 Å². The highest BCUT2D eigenvalue weighted by Gasteiger charge is 2.46. The quantitative estimate of drug-likeness (QED) is 0.132. The largest absolute Gasteiger partial charge is 0.497 e. The van der Waals surface area contributed by atoms with Gasteiger partial charge in [0.1, 0.15) is 17.5 Å². The number of carbonyl (C=O) groups is 3. The number of fused-ring (bicyclic) bond motifs is 2. The molecule has 0 radical (unpaired) electrons. The average Bonchev–Trinajstić information content (AvgIpc) is 3.04. The van der Waals surface area contributed by atoms with Gasteiger partial charge in [-0.15, -0.1) is 0 Å². The molecular formula is C33H36N2O8. The van der Waals surface area contributed by atoms with Gasteiger partial charge in [-0.25, -0.2) is 9.59 Å². The van der Waals surface area contributed by atoms with Gasteiger partial charge in [-0.2, -0.15) is 0 Å². The van der Waals surface area contributed by atoms with Gasteiger partial charge in [0.2, 0.25) is 5.60 Å². The zero-order valence-electron chi connectivity index (χ0n) is 24.5. The van der Waals surface area contributed by atoms with Crippen LogP contribution in [0.25, 0.3) is 21.5 Å². The highest BCUT2D eigenvalue weighted by molar-refractivity contribution is 5.91. The van der Waals surface area contributed by atoms with Crippen molar-refractivity contribution in [1.82, 2.24) is 0 Å². The Morgan fingerprint density at radius 1 is 0.791 bits per heavy atom. The van der Waals surface area contributed by atoms with Crippen molar-refractivity contribution in [2.24, 2.45) is 11.5 Å². The summed E-state index contributed by atoms with van der Waals surface area (Å²) in [5, 5.41) is 3.40. The van der Waals surface area contributed by atoms with Crippen molar-refractivity contribution in [2.45, 2.75) is 31.4 Å². The first-order valence-corrected chi connectivity index (χ1v) is 13.9. The second-order valence-corrected chi connectivity index (χ2v) is 9.87. The molecule has 0 amide bonds. The first-order valence-electron chi connectivity index (χ1n) is 13.9. The molecule has 2 unspecified atom stereocenters. The Bertz CT molecular complexity index is 1620. The Balaban J connectivity index is 1.73. The molecule has 4 aromatic carbocycles. The van der Waals surface area contributed by atoms with Crippen LogP contribution in [-0.4, -0.2) is 51.9 Å². The van der Waals surface area contributed by atoms with Crippen LogP contribution in [0.3, 0.4) is 0 Å². The van der Waals surface area contributed by atoms with Gasteiger partial charge in [0.25, 0.3) is 0 Å². The van der Waals surface area contributed by atoms with Gasteiger partial charge in [0.15, 0.2) is 0 Å². The molecule has 0 aromatic heterocycles. The van der Waals surface area contributed by atoms with E-state index in [1.165, 1.54) is 0 Å². The molecule has 0 saturated carbocycles. The van der Waals surface area contributed by atoms with Crippen molar-refractivity contribution < 1.29 is 38.1 Å². The van der Waals surface area contributed by atoms with Gasteiger partial charge in [-0.3, -0.25) is 4.79 Å². The molecule has 0 heterocycles. The number of rotatable bonds is 13. The molecule has 43 heavy (non-hydrogen) atoms. The van der Waals surface area contributed by atoms with Crippen molar-refractivity contribution >= 4 is 39.5 Å². The molecule has 0 aliphatic heterocycles. The van der Waals surface area contributed by atoms with E-state index >= 15 is 0 Å². The molecule has 4 rings (SSSR count). The van der Waals surface area contributed by atoms with Crippen LogP contribution in [-0.2, 0) is 34.2 Å². The van der Waals surface area contributed by atoms with Crippen LogP contribution in [0.1, 0.15) is 36.9 Å². The zero-order chi connectivity index (χ0) is 31.0. The molecule has 0 aliphatic carbocycles. The first-order chi connectivity index (χ1) is 20.7. The van der Waals surface area contributed by atoms with E-state index in [1.54, 1.807) is 57.5 Å². The average molecular weight is 589 g/mol. The minimum absolute atomic E-state index is 0.0404. The third-order valence-corrected chi connectivity index (χ3v) is 7.18. The summed E-state index contributed by atoms with van der Waals surface area (Å²) in [6, 6.07) is 20.5. The molecule has 2 atom stereocenters. The van der Waals surface area contributed by atoms with E-state index in [2.05, 4.69) is 0 Å². The Morgan fingerprint density at radius 3 is 1.98 bits per heavy atom. The summed E-state index contributed by atoms with van der Waals surface area (Å²) in [5.41, 5.74) is 10.8. The number of nitrogens with two attached hydrogens (primary N) is 2. The second kappa shape index (κ2) is 14.0. The third-order valence-electron chi connectivity index (χ3n) is 7.18. The highest BCUT2D eigenvalue weighted by Crippen LogP contribution is 2.37. The molecule has 0 saturated heterocycles. The van der Waals surface area contributed by atoms with Crippen LogP contribution in [0.15, 0.2) is 72.8 Å². The van der Waals surface area contributed by atoms with E-state index in [9.17, 15) is 14.4 Å². The molecule has 4 aromatic rings.